The number of hydrogen-bond acceptors (Lipinski definition) is 1. The van der Waals surface area contributed by atoms with Crippen LogP contribution in [0.3, 0.4) is 0 Å². The molecule has 3 heteroatoms. The predicted molar refractivity (Wildman–Crippen MR) is 54.6 cm³/mol. The van der Waals surface area contributed by atoms with Crippen LogP contribution in [0, 0.1) is 0 Å². The van der Waals surface area contributed by atoms with E-state index in [1.807, 2.05) is 6.07 Å². The molecule has 2 rings (SSSR count). The number of carbonyl (C=O) groups is 1. The van der Waals surface area contributed by atoms with Gasteiger partial charge in [0.1, 0.15) is 0 Å². The summed E-state index contributed by atoms with van der Waals surface area (Å²) in [5, 5.41) is 8.56. The summed E-state index contributed by atoms with van der Waals surface area (Å²) in [7, 11) is 0. The molecule has 1 aromatic rings. The van der Waals surface area contributed by atoms with E-state index in [0.717, 1.165) is 24.8 Å². The molecule has 0 spiro atoms. The third-order valence-corrected chi connectivity index (χ3v) is 2.88. The van der Waals surface area contributed by atoms with Crippen molar-refractivity contribution in [3.63, 3.8) is 0 Å². The van der Waals surface area contributed by atoms with Gasteiger partial charge in [-0.2, -0.15) is 0 Å². The van der Waals surface area contributed by atoms with Gasteiger partial charge in [-0.05, 0) is 42.4 Å². The quantitative estimate of drug-likeness (QED) is 0.811. The van der Waals surface area contributed by atoms with Crippen molar-refractivity contribution in [2.24, 2.45) is 0 Å². The molecule has 0 fully saturated rings. The van der Waals surface area contributed by atoms with E-state index in [2.05, 4.69) is 0 Å². The third kappa shape index (κ3) is 2.01. The Balaban J connectivity index is 2.31. The van der Waals surface area contributed by atoms with Crippen molar-refractivity contribution in [2.45, 2.75) is 31.9 Å². The highest BCUT2D eigenvalue weighted by Crippen LogP contribution is 2.26. The van der Waals surface area contributed by atoms with Gasteiger partial charge in [0.15, 0.2) is 0 Å². The summed E-state index contributed by atoms with van der Waals surface area (Å²) < 4.78 is 13.2. The third-order valence-electron chi connectivity index (χ3n) is 2.88. The maximum atomic E-state index is 13.2. The molecule has 80 valence electrons. The van der Waals surface area contributed by atoms with E-state index in [0.29, 0.717) is 0 Å². The summed E-state index contributed by atoms with van der Waals surface area (Å²) in [5.41, 5.74) is 2.62. The highest BCUT2D eigenvalue weighted by molar-refractivity contribution is 5.74. The first-order chi connectivity index (χ1) is 7.18. The number of aliphatic carboxylic acids is 1. The van der Waals surface area contributed by atoms with Gasteiger partial charge in [-0.1, -0.05) is 18.2 Å². The Morgan fingerprint density at radius 1 is 1.27 bits per heavy atom. The lowest BCUT2D eigenvalue weighted by Crippen LogP contribution is -2.09. The summed E-state index contributed by atoms with van der Waals surface area (Å²) in [6.45, 7) is 0. The number of hydrogen-bond donors (Lipinski definition) is 1. The average molecular weight is 208 g/mol. The number of halogens is 1. The fourth-order valence-electron chi connectivity index (χ4n) is 2.05. The molecule has 0 radical (unpaired) electrons. The summed E-state index contributed by atoms with van der Waals surface area (Å²) in [6.07, 6.45) is 2.36. The lowest BCUT2D eigenvalue weighted by atomic mass is 9.90. The van der Waals surface area contributed by atoms with Crippen LogP contribution in [-0.2, 0) is 17.6 Å². The first-order valence-corrected chi connectivity index (χ1v) is 5.17. The zero-order chi connectivity index (χ0) is 10.8. The van der Waals surface area contributed by atoms with E-state index in [1.54, 1.807) is 12.1 Å². The van der Waals surface area contributed by atoms with Gasteiger partial charge < -0.3 is 5.11 Å². The number of fused-ring (bicyclic) bond motifs is 1. The minimum atomic E-state index is -1.89. The van der Waals surface area contributed by atoms with E-state index in [9.17, 15) is 9.18 Å². The molecule has 0 bridgehead atoms. The molecular formula is C12H13FO2. The zero-order valence-electron chi connectivity index (χ0n) is 8.37. The lowest BCUT2D eigenvalue weighted by Gasteiger charge is -2.16. The normalized spacial score (nSPS) is 16.9. The van der Waals surface area contributed by atoms with E-state index < -0.39 is 12.1 Å². The smallest absolute Gasteiger partial charge is 0.343 e. The van der Waals surface area contributed by atoms with Gasteiger partial charge in [0.2, 0.25) is 6.17 Å². The highest BCUT2D eigenvalue weighted by Gasteiger charge is 2.20. The van der Waals surface area contributed by atoms with Crippen LogP contribution in [0.25, 0.3) is 0 Å². The van der Waals surface area contributed by atoms with Crippen molar-refractivity contribution in [1.29, 1.82) is 0 Å². The highest BCUT2D eigenvalue weighted by atomic mass is 19.1. The van der Waals surface area contributed by atoms with Crippen LogP contribution in [-0.4, -0.2) is 11.1 Å². The van der Waals surface area contributed by atoms with E-state index in [-0.39, 0.29) is 5.56 Å². The van der Waals surface area contributed by atoms with Crippen molar-refractivity contribution >= 4 is 5.97 Å². The minimum absolute atomic E-state index is 0.267. The molecule has 1 N–H and O–H groups in total. The Hall–Kier alpha value is -1.38. The topological polar surface area (TPSA) is 37.3 Å². The Kier molecular flexibility index (Phi) is 2.71. The van der Waals surface area contributed by atoms with Crippen molar-refractivity contribution in [2.75, 3.05) is 0 Å². The van der Waals surface area contributed by atoms with Crippen molar-refractivity contribution in [3.8, 4) is 0 Å². The Bertz CT molecular complexity index is 387. The summed E-state index contributed by atoms with van der Waals surface area (Å²) in [5.74, 6) is -1.41. The first kappa shape index (κ1) is 10.1. The first-order valence-electron chi connectivity index (χ1n) is 5.17. The molecule has 15 heavy (non-hydrogen) atoms. The monoisotopic (exact) mass is 208 g/mol. The molecule has 0 unspecified atom stereocenters. The van der Waals surface area contributed by atoms with Crippen LogP contribution in [0.5, 0.6) is 0 Å². The molecule has 0 aliphatic heterocycles. The van der Waals surface area contributed by atoms with Crippen LogP contribution >= 0.6 is 0 Å². The fourth-order valence-corrected chi connectivity index (χ4v) is 2.05. The largest absolute Gasteiger partial charge is 0.479 e. The van der Waals surface area contributed by atoms with Crippen LogP contribution in [0.2, 0.25) is 0 Å². The second kappa shape index (κ2) is 4.01. The van der Waals surface area contributed by atoms with Crippen LogP contribution < -0.4 is 0 Å². The number of rotatable bonds is 2. The van der Waals surface area contributed by atoms with Crippen LogP contribution in [0.4, 0.5) is 4.39 Å². The van der Waals surface area contributed by atoms with E-state index in [1.165, 1.54) is 12.0 Å². The predicted octanol–water partition coefficient (Wildman–Crippen LogP) is 2.66. The average Bonchev–Trinajstić information content (AvgIpc) is 2.27. The van der Waals surface area contributed by atoms with Gasteiger partial charge in [0.25, 0.3) is 0 Å². The molecule has 0 aromatic heterocycles. The maximum absolute atomic E-state index is 13.2. The van der Waals surface area contributed by atoms with Gasteiger partial charge in [-0.25, -0.2) is 9.18 Å². The number of alkyl halides is 1. The summed E-state index contributed by atoms with van der Waals surface area (Å²) in [4.78, 5) is 10.5. The van der Waals surface area contributed by atoms with E-state index >= 15 is 0 Å². The van der Waals surface area contributed by atoms with Gasteiger partial charge in [-0.15, -0.1) is 0 Å². The zero-order valence-corrected chi connectivity index (χ0v) is 8.37. The number of aryl methyl sites for hydroxylation is 2. The SMILES string of the molecule is O=C(O)[C@H](F)c1ccc2c(c1)CCCC2. The Morgan fingerprint density at radius 3 is 2.60 bits per heavy atom. The molecule has 0 saturated carbocycles. The number of benzene rings is 1. The molecule has 1 aliphatic rings. The molecule has 0 saturated heterocycles. The van der Waals surface area contributed by atoms with Crippen molar-refractivity contribution in [3.05, 3.63) is 34.9 Å². The number of carboxylic acid groups (broad SMARTS) is 1. The minimum Gasteiger partial charge on any atom is -0.479 e. The molecular weight excluding hydrogens is 195 g/mol. The van der Waals surface area contributed by atoms with Gasteiger partial charge in [0.05, 0.1) is 0 Å². The van der Waals surface area contributed by atoms with Crippen LogP contribution in [0.15, 0.2) is 18.2 Å². The summed E-state index contributed by atoms with van der Waals surface area (Å²) >= 11 is 0. The van der Waals surface area contributed by atoms with Gasteiger partial charge >= 0.3 is 5.97 Å². The molecule has 0 amide bonds. The number of carboxylic acids is 1. The molecule has 1 aromatic carbocycles. The van der Waals surface area contributed by atoms with Crippen LogP contribution in [0.1, 0.15) is 35.7 Å². The second-order valence-corrected chi connectivity index (χ2v) is 3.94. The molecule has 1 atom stereocenters. The van der Waals surface area contributed by atoms with Gasteiger partial charge in [-0.3, -0.25) is 0 Å². The van der Waals surface area contributed by atoms with E-state index in [4.69, 9.17) is 5.11 Å². The van der Waals surface area contributed by atoms with Crippen molar-refractivity contribution in [1.82, 2.24) is 0 Å². The Labute approximate surface area is 87.7 Å². The van der Waals surface area contributed by atoms with Gasteiger partial charge in [0, 0.05) is 0 Å². The Morgan fingerprint density at radius 2 is 1.93 bits per heavy atom. The molecule has 0 heterocycles. The standard InChI is InChI=1S/C12H13FO2/c13-11(12(14)15)10-6-5-8-3-1-2-4-9(8)7-10/h5-7,11H,1-4H2,(H,14,15)/t11-/m1/s1. The van der Waals surface area contributed by atoms with Crippen molar-refractivity contribution < 1.29 is 14.3 Å². The maximum Gasteiger partial charge on any atom is 0.343 e. The molecule has 1 aliphatic carbocycles. The summed E-state index contributed by atoms with van der Waals surface area (Å²) in [6, 6.07) is 5.15. The lowest BCUT2D eigenvalue weighted by molar-refractivity contribution is -0.143. The fraction of sp³-hybridized carbons (Fsp3) is 0.417. The second-order valence-electron chi connectivity index (χ2n) is 3.94. The molecule has 2 nitrogen and oxygen atoms in total.